The van der Waals surface area contributed by atoms with E-state index in [1.165, 1.54) is 6.07 Å². The molecule has 0 amide bonds. The van der Waals surface area contributed by atoms with Gasteiger partial charge in [-0.3, -0.25) is 0 Å². The Labute approximate surface area is 111 Å². The second kappa shape index (κ2) is 7.20. The van der Waals surface area contributed by atoms with Gasteiger partial charge in [0, 0.05) is 26.5 Å². The Balaban J connectivity index is 2.63. The maximum atomic E-state index is 10.8. The van der Waals surface area contributed by atoms with Crippen LogP contribution in [0.15, 0.2) is 18.2 Å². The Kier molecular flexibility index (Phi) is 5.91. The van der Waals surface area contributed by atoms with Crippen LogP contribution < -0.4 is 5.32 Å². The van der Waals surface area contributed by atoms with Gasteiger partial charge in [-0.15, -0.1) is 0 Å². The molecule has 0 aliphatic heterocycles. The maximum absolute atomic E-state index is 10.8. The van der Waals surface area contributed by atoms with Gasteiger partial charge in [0.1, 0.15) is 0 Å². The Morgan fingerprint density at radius 1 is 1.50 bits per heavy atom. The van der Waals surface area contributed by atoms with Crippen molar-refractivity contribution in [3.8, 4) is 0 Å². The molecule has 100 valence electrons. The lowest BCUT2D eigenvalue weighted by atomic mass is 10.2. The topological polar surface area (TPSA) is 67.8 Å². The van der Waals surface area contributed by atoms with Crippen molar-refractivity contribution >= 4 is 23.3 Å². The van der Waals surface area contributed by atoms with E-state index in [4.69, 9.17) is 26.2 Å². The van der Waals surface area contributed by atoms with Crippen LogP contribution in [0.2, 0.25) is 5.02 Å². The molecule has 0 aliphatic rings. The lowest BCUT2D eigenvalue weighted by molar-refractivity contribution is 0.0365. The second-order valence-electron chi connectivity index (χ2n) is 3.69. The highest BCUT2D eigenvalue weighted by atomic mass is 35.5. The van der Waals surface area contributed by atoms with Crippen LogP contribution in [0.1, 0.15) is 10.4 Å². The highest BCUT2D eigenvalue weighted by Crippen LogP contribution is 2.21. The first-order valence-corrected chi connectivity index (χ1v) is 5.74. The molecule has 0 saturated carbocycles. The number of hydrogen-bond acceptors (Lipinski definition) is 4. The van der Waals surface area contributed by atoms with Crippen LogP contribution in [0.4, 0.5) is 5.69 Å². The fourth-order valence-corrected chi connectivity index (χ4v) is 1.69. The van der Waals surface area contributed by atoms with Gasteiger partial charge in [-0.2, -0.15) is 0 Å². The number of ether oxygens (including phenoxy) is 2. The average molecular weight is 274 g/mol. The van der Waals surface area contributed by atoms with Crippen molar-refractivity contribution in [2.24, 2.45) is 0 Å². The molecule has 0 heterocycles. The van der Waals surface area contributed by atoms with E-state index >= 15 is 0 Å². The van der Waals surface area contributed by atoms with Gasteiger partial charge in [0.2, 0.25) is 0 Å². The van der Waals surface area contributed by atoms with E-state index in [0.29, 0.717) is 13.2 Å². The quantitative estimate of drug-likeness (QED) is 0.796. The molecule has 2 N–H and O–H groups in total. The Hall–Kier alpha value is -1.30. The van der Waals surface area contributed by atoms with Crippen LogP contribution in [0.5, 0.6) is 0 Å². The lowest BCUT2D eigenvalue weighted by Gasteiger charge is -2.16. The summed E-state index contributed by atoms with van der Waals surface area (Å²) in [7, 11) is 3.20. The number of nitrogens with one attached hydrogen (secondary N) is 1. The zero-order chi connectivity index (χ0) is 13.5. The van der Waals surface area contributed by atoms with E-state index in [2.05, 4.69) is 5.32 Å². The van der Waals surface area contributed by atoms with Crippen molar-refractivity contribution in [2.75, 3.05) is 32.7 Å². The molecule has 6 heteroatoms. The van der Waals surface area contributed by atoms with Crippen molar-refractivity contribution in [1.29, 1.82) is 0 Å². The normalized spacial score (nSPS) is 12.2. The van der Waals surface area contributed by atoms with E-state index < -0.39 is 5.97 Å². The number of rotatable bonds is 7. The van der Waals surface area contributed by atoms with Crippen LogP contribution in [0, 0.1) is 0 Å². The Morgan fingerprint density at radius 3 is 2.72 bits per heavy atom. The summed E-state index contributed by atoms with van der Waals surface area (Å²) in [5.41, 5.74) is 0.825. The monoisotopic (exact) mass is 273 g/mol. The highest BCUT2D eigenvalue weighted by Gasteiger charge is 2.10. The third kappa shape index (κ3) is 4.18. The summed E-state index contributed by atoms with van der Waals surface area (Å²) in [6.45, 7) is 1.03. The van der Waals surface area contributed by atoms with Crippen LogP contribution in [0.25, 0.3) is 0 Å². The smallest absolute Gasteiger partial charge is 0.337 e. The minimum absolute atomic E-state index is 0.0760. The second-order valence-corrected chi connectivity index (χ2v) is 4.10. The van der Waals surface area contributed by atoms with E-state index in [9.17, 15) is 4.79 Å². The van der Waals surface area contributed by atoms with Crippen molar-refractivity contribution in [3.05, 3.63) is 28.8 Å². The summed E-state index contributed by atoms with van der Waals surface area (Å²) >= 11 is 5.86. The zero-order valence-electron chi connectivity index (χ0n) is 10.3. The van der Waals surface area contributed by atoms with Gasteiger partial charge in [-0.1, -0.05) is 11.6 Å². The molecule has 1 rings (SSSR count). The molecule has 0 radical (unpaired) electrons. The minimum Gasteiger partial charge on any atom is -0.478 e. The van der Waals surface area contributed by atoms with Gasteiger partial charge in [-0.05, 0) is 18.2 Å². The van der Waals surface area contributed by atoms with Crippen molar-refractivity contribution in [1.82, 2.24) is 0 Å². The van der Waals surface area contributed by atoms with E-state index in [1.54, 1.807) is 26.4 Å². The van der Waals surface area contributed by atoms with Crippen molar-refractivity contribution in [2.45, 2.75) is 6.10 Å². The maximum Gasteiger partial charge on any atom is 0.337 e. The molecular weight excluding hydrogens is 258 g/mol. The fraction of sp³-hybridized carbons (Fsp3) is 0.417. The number of benzene rings is 1. The van der Waals surface area contributed by atoms with Gasteiger partial charge in [0.15, 0.2) is 0 Å². The fourth-order valence-electron chi connectivity index (χ4n) is 1.43. The summed E-state index contributed by atoms with van der Waals surface area (Å²) in [4.78, 5) is 10.8. The van der Waals surface area contributed by atoms with E-state index in [1.807, 2.05) is 0 Å². The predicted octanol–water partition coefficient (Wildman–Crippen LogP) is 2.11. The molecule has 0 fully saturated rings. The molecule has 0 bridgehead atoms. The summed E-state index contributed by atoms with van der Waals surface area (Å²) in [6.07, 6.45) is -0.0760. The minimum atomic E-state index is -1.04. The zero-order valence-corrected chi connectivity index (χ0v) is 11.0. The van der Waals surface area contributed by atoms with Gasteiger partial charge in [0.25, 0.3) is 0 Å². The average Bonchev–Trinajstić information content (AvgIpc) is 2.34. The van der Waals surface area contributed by atoms with Crippen molar-refractivity contribution in [3.63, 3.8) is 0 Å². The Bertz CT molecular complexity index is 411. The first kappa shape index (κ1) is 14.8. The van der Waals surface area contributed by atoms with Crippen LogP contribution >= 0.6 is 11.6 Å². The summed E-state index contributed by atoms with van der Waals surface area (Å²) in [6, 6.07) is 4.70. The number of anilines is 1. The largest absolute Gasteiger partial charge is 0.478 e. The number of hydrogen-bond donors (Lipinski definition) is 2. The van der Waals surface area contributed by atoms with E-state index in [0.717, 1.165) is 5.69 Å². The number of carboxylic acid groups (broad SMARTS) is 1. The molecule has 5 nitrogen and oxygen atoms in total. The summed E-state index contributed by atoms with van der Waals surface area (Å²) in [5.74, 6) is -1.04. The predicted molar refractivity (Wildman–Crippen MR) is 69.6 cm³/mol. The van der Waals surface area contributed by atoms with Crippen molar-refractivity contribution < 1.29 is 19.4 Å². The number of halogens is 1. The highest BCUT2D eigenvalue weighted by molar-refractivity contribution is 6.33. The molecule has 0 aliphatic carbocycles. The molecule has 1 unspecified atom stereocenters. The molecule has 18 heavy (non-hydrogen) atoms. The molecule has 1 aromatic rings. The molecule has 0 aromatic heterocycles. The number of methoxy groups -OCH3 is 2. The van der Waals surface area contributed by atoms with Gasteiger partial charge in [-0.25, -0.2) is 4.79 Å². The van der Waals surface area contributed by atoms with E-state index in [-0.39, 0.29) is 16.7 Å². The SMILES string of the molecule is COCC(CNc1ccc(C(=O)O)c(Cl)c1)OC. The molecule has 1 atom stereocenters. The summed E-state index contributed by atoms with van der Waals surface area (Å²) < 4.78 is 10.2. The number of aromatic carboxylic acids is 1. The lowest BCUT2D eigenvalue weighted by Crippen LogP contribution is -2.26. The molecule has 0 saturated heterocycles. The first-order chi connectivity index (χ1) is 8.58. The first-order valence-electron chi connectivity index (χ1n) is 5.37. The standard InChI is InChI=1S/C12H16ClNO4/c1-17-7-9(18-2)6-14-8-3-4-10(12(15)16)11(13)5-8/h3-5,9,14H,6-7H2,1-2H3,(H,15,16). The van der Waals surface area contributed by atoms with Crippen LogP contribution in [-0.2, 0) is 9.47 Å². The summed E-state index contributed by atoms with van der Waals surface area (Å²) in [5, 5.41) is 12.1. The molecule has 0 spiro atoms. The van der Waals surface area contributed by atoms with Crippen LogP contribution in [0.3, 0.4) is 0 Å². The van der Waals surface area contributed by atoms with Crippen LogP contribution in [-0.4, -0.2) is 44.6 Å². The third-order valence-electron chi connectivity index (χ3n) is 2.42. The molecular formula is C12H16ClNO4. The number of carboxylic acids is 1. The number of carbonyl (C=O) groups is 1. The third-order valence-corrected chi connectivity index (χ3v) is 2.73. The van der Waals surface area contributed by atoms with Gasteiger partial charge < -0.3 is 19.9 Å². The van der Waals surface area contributed by atoms with Gasteiger partial charge in [0.05, 0.1) is 23.3 Å². The van der Waals surface area contributed by atoms with Gasteiger partial charge >= 0.3 is 5.97 Å². The Morgan fingerprint density at radius 2 is 2.22 bits per heavy atom. The molecule has 1 aromatic carbocycles.